The number of H-pyrrole nitrogens is 1. The molecule has 37 heavy (non-hydrogen) atoms. The topological polar surface area (TPSA) is 94.2 Å². The second-order valence-electron chi connectivity index (χ2n) is 9.26. The van der Waals surface area contributed by atoms with Gasteiger partial charge in [0.15, 0.2) is 0 Å². The van der Waals surface area contributed by atoms with Crippen LogP contribution < -0.4 is 5.32 Å². The number of carbonyl (C=O) groups excluding carboxylic acids is 2. The standard InChI is InChI=1S/C28H26N6O2S/c1-33-12-14-34(15-13-33)28(36)19-8-6-18(7-9-19)27-32-23-11-10-20(16-24(23)37-27)26(35)29-17-25-30-21-4-2-3-5-22(21)31-25/h2-11,16H,12-15,17H2,1H3,(H,29,35)(H,30,31). The van der Waals surface area contributed by atoms with E-state index in [2.05, 4.69) is 27.2 Å². The van der Waals surface area contributed by atoms with Crippen molar-refractivity contribution < 1.29 is 9.59 Å². The van der Waals surface area contributed by atoms with Crippen LogP contribution in [-0.4, -0.2) is 69.8 Å². The minimum absolute atomic E-state index is 0.0715. The molecular formula is C28H26N6O2S. The number of hydrogen-bond donors (Lipinski definition) is 2. The average molecular weight is 511 g/mol. The number of nitrogens with one attached hydrogen (secondary N) is 2. The molecule has 0 unspecified atom stereocenters. The summed E-state index contributed by atoms with van der Waals surface area (Å²) in [6.07, 6.45) is 0. The van der Waals surface area contributed by atoms with Crippen molar-refractivity contribution in [3.63, 3.8) is 0 Å². The molecule has 2 aromatic heterocycles. The van der Waals surface area contributed by atoms with Gasteiger partial charge in [-0.2, -0.15) is 0 Å². The van der Waals surface area contributed by atoms with E-state index in [1.165, 1.54) is 11.3 Å². The minimum Gasteiger partial charge on any atom is -0.345 e. The predicted octanol–water partition coefficient (Wildman–Crippen LogP) is 4.16. The molecule has 1 aliphatic rings. The first-order chi connectivity index (χ1) is 18.0. The molecule has 0 spiro atoms. The van der Waals surface area contributed by atoms with Gasteiger partial charge in [-0.05, 0) is 49.5 Å². The third-order valence-electron chi connectivity index (χ3n) is 6.67. The Morgan fingerprint density at radius 3 is 2.46 bits per heavy atom. The molecule has 1 aliphatic heterocycles. The van der Waals surface area contributed by atoms with Crippen molar-refractivity contribution in [3.05, 3.63) is 83.7 Å². The Labute approximate surface area is 218 Å². The summed E-state index contributed by atoms with van der Waals surface area (Å²) >= 11 is 1.53. The van der Waals surface area contributed by atoms with Crippen molar-refractivity contribution in [1.82, 2.24) is 30.1 Å². The van der Waals surface area contributed by atoms with Crippen molar-refractivity contribution >= 4 is 44.4 Å². The van der Waals surface area contributed by atoms with Crippen molar-refractivity contribution in [1.29, 1.82) is 0 Å². The Morgan fingerprint density at radius 1 is 0.919 bits per heavy atom. The summed E-state index contributed by atoms with van der Waals surface area (Å²) in [5, 5.41) is 3.79. The van der Waals surface area contributed by atoms with E-state index < -0.39 is 0 Å². The zero-order chi connectivity index (χ0) is 25.4. The first-order valence-electron chi connectivity index (χ1n) is 12.2. The summed E-state index contributed by atoms with van der Waals surface area (Å²) < 4.78 is 0.934. The summed E-state index contributed by atoms with van der Waals surface area (Å²) in [4.78, 5) is 42.3. The fourth-order valence-electron chi connectivity index (χ4n) is 4.49. The molecular weight excluding hydrogens is 484 g/mol. The Bertz CT molecular complexity index is 1570. The van der Waals surface area contributed by atoms with E-state index in [0.29, 0.717) is 23.5 Å². The van der Waals surface area contributed by atoms with Crippen LogP contribution in [0, 0.1) is 0 Å². The summed E-state index contributed by atoms with van der Waals surface area (Å²) in [5.74, 6) is 0.622. The Hall–Kier alpha value is -4.08. The van der Waals surface area contributed by atoms with Gasteiger partial charge in [0.2, 0.25) is 0 Å². The second kappa shape index (κ2) is 9.76. The number of imidazole rings is 1. The number of benzene rings is 3. The lowest BCUT2D eigenvalue weighted by Crippen LogP contribution is -2.47. The van der Waals surface area contributed by atoms with Crippen LogP contribution in [0.3, 0.4) is 0 Å². The molecule has 9 heteroatoms. The number of thiazole rings is 1. The number of aromatic amines is 1. The quantitative estimate of drug-likeness (QED) is 0.370. The van der Waals surface area contributed by atoms with E-state index >= 15 is 0 Å². The highest BCUT2D eigenvalue weighted by Gasteiger charge is 2.20. The molecule has 6 rings (SSSR count). The molecule has 0 aliphatic carbocycles. The average Bonchev–Trinajstić information content (AvgIpc) is 3.55. The lowest BCUT2D eigenvalue weighted by Gasteiger charge is -2.32. The van der Waals surface area contributed by atoms with E-state index in [4.69, 9.17) is 4.98 Å². The molecule has 2 N–H and O–H groups in total. The van der Waals surface area contributed by atoms with Crippen LogP contribution in [0.1, 0.15) is 26.5 Å². The van der Waals surface area contributed by atoms with Crippen molar-refractivity contribution in [3.8, 4) is 10.6 Å². The SMILES string of the molecule is CN1CCN(C(=O)c2ccc(-c3nc4ccc(C(=O)NCc5nc6ccccc6[nH]5)cc4s3)cc2)CC1. The fourth-order valence-corrected chi connectivity index (χ4v) is 5.50. The highest BCUT2D eigenvalue weighted by molar-refractivity contribution is 7.21. The smallest absolute Gasteiger partial charge is 0.253 e. The normalized spacial score (nSPS) is 14.4. The van der Waals surface area contributed by atoms with Gasteiger partial charge in [-0.25, -0.2) is 9.97 Å². The van der Waals surface area contributed by atoms with Gasteiger partial charge in [-0.3, -0.25) is 9.59 Å². The fraction of sp³-hybridized carbons (Fsp3) is 0.214. The third kappa shape index (κ3) is 4.83. The lowest BCUT2D eigenvalue weighted by molar-refractivity contribution is 0.0664. The number of piperazine rings is 1. The Kier molecular flexibility index (Phi) is 6.15. The van der Waals surface area contributed by atoms with Crippen LogP contribution in [0.4, 0.5) is 0 Å². The number of fused-ring (bicyclic) bond motifs is 2. The lowest BCUT2D eigenvalue weighted by atomic mass is 10.1. The monoisotopic (exact) mass is 510 g/mol. The number of likely N-dealkylation sites (N-methyl/N-ethyl adjacent to an activating group) is 1. The maximum Gasteiger partial charge on any atom is 0.253 e. The molecule has 1 saturated heterocycles. The molecule has 8 nitrogen and oxygen atoms in total. The van der Waals surface area contributed by atoms with Gasteiger partial charge < -0.3 is 20.1 Å². The molecule has 3 heterocycles. The van der Waals surface area contributed by atoms with E-state index in [-0.39, 0.29) is 11.8 Å². The maximum absolute atomic E-state index is 12.8. The summed E-state index contributed by atoms with van der Waals surface area (Å²) in [6, 6.07) is 21.0. The number of rotatable bonds is 5. The number of hydrogen-bond acceptors (Lipinski definition) is 6. The van der Waals surface area contributed by atoms with E-state index in [1.807, 2.05) is 65.6 Å². The van der Waals surface area contributed by atoms with Gasteiger partial charge in [0, 0.05) is 42.9 Å². The molecule has 3 aromatic carbocycles. The molecule has 0 saturated carbocycles. The number of carbonyl (C=O) groups is 2. The van der Waals surface area contributed by atoms with Gasteiger partial charge in [0.05, 0.1) is 27.8 Å². The molecule has 2 amide bonds. The van der Waals surface area contributed by atoms with Crippen LogP contribution in [0.2, 0.25) is 0 Å². The zero-order valence-electron chi connectivity index (χ0n) is 20.4. The van der Waals surface area contributed by atoms with E-state index in [0.717, 1.165) is 58.0 Å². The number of nitrogens with zero attached hydrogens (tertiary/aromatic N) is 4. The zero-order valence-corrected chi connectivity index (χ0v) is 21.2. The Morgan fingerprint density at radius 2 is 1.68 bits per heavy atom. The summed E-state index contributed by atoms with van der Waals surface area (Å²) in [7, 11) is 2.08. The maximum atomic E-state index is 12.8. The van der Waals surface area contributed by atoms with E-state index in [1.54, 1.807) is 6.07 Å². The number of amides is 2. The summed E-state index contributed by atoms with van der Waals surface area (Å²) in [5.41, 5.74) is 4.88. The predicted molar refractivity (Wildman–Crippen MR) is 146 cm³/mol. The van der Waals surface area contributed by atoms with Crippen molar-refractivity contribution in [2.75, 3.05) is 33.2 Å². The molecule has 0 radical (unpaired) electrons. The van der Waals surface area contributed by atoms with Crippen LogP contribution in [0.15, 0.2) is 66.7 Å². The molecule has 0 atom stereocenters. The number of para-hydroxylation sites is 2. The van der Waals surface area contributed by atoms with Gasteiger partial charge in [-0.15, -0.1) is 11.3 Å². The first-order valence-corrected chi connectivity index (χ1v) is 13.1. The van der Waals surface area contributed by atoms with Crippen molar-refractivity contribution in [2.45, 2.75) is 6.54 Å². The minimum atomic E-state index is -0.163. The third-order valence-corrected chi connectivity index (χ3v) is 7.74. The van der Waals surface area contributed by atoms with Gasteiger partial charge >= 0.3 is 0 Å². The molecule has 1 fully saturated rings. The van der Waals surface area contributed by atoms with Crippen LogP contribution >= 0.6 is 11.3 Å². The van der Waals surface area contributed by atoms with Crippen molar-refractivity contribution in [2.24, 2.45) is 0 Å². The molecule has 5 aromatic rings. The highest BCUT2D eigenvalue weighted by Crippen LogP contribution is 2.31. The van der Waals surface area contributed by atoms with Gasteiger partial charge in [0.25, 0.3) is 11.8 Å². The highest BCUT2D eigenvalue weighted by atomic mass is 32.1. The Balaban J connectivity index is 1.14. The number of aromatic nitrogens is 3. The van der Waals surface area contributed by atoms with E-state index in [9.17, 15) is 9.59 Å². The summed E-state index contributed by atoms with van der Waals surface area (Å²) in [6.45, 7) is 3.62. The largest absolute Gasteiger partial charge is 0.345 e. The van der Waals surface area contributed by atoms with Gasteiger partial charge in [-0.1, -0.05) is 24.3 Å². The first kappa shape index (κ1) is 23.3. The van der Waals surface area contributed by atoms with Crippen LogP contribution in [0.5, 0.6) is 0 Å². The van der Waals surface area contributed by atoms with Gasteiger partial charge in [0.1, 0.15) is 10.8 Å². The van der Waals surface area contributed by atoms with Crippen LogP contribution in [-0.2, 0) is 6.54 Å². The molecule has 186 valence electrons. The van der Waals surface area contributed by atoms with Crippen LogP contribution in [0.25, 0.3) is 31.8 Å². The molecule has 0 bridgehead atoms. The second-order valence-corrected chi connectivity index (χ2v) is 10.3.